The van der Waals surface area contributed by atoms with E-state index in [1.807, 2.05) is 0 Å². The third-order valence-corrected chi connectivity index (χ3v) is 4.60. The van der Waals surface area contributed by atoms with E-state index < -0.39 is 37.3 Å². The highest BCUT2D eigenvalue weighted by molar-refractivity contribution is 6.31. The van der Waals surface area contributed by atoms with Crippen LogP contribution in [0.25, 0.3) is 22.5 Å². The van der Waals surface area contributed by atoms with Crippen molar-refractivity contribution in [1.82, 2.24) is 25.1 Å². The molecule has 0 radical (unpaired) electrons. The van der Waals surface area contributed by atoms with E-state index in [2.05, 4.69) is 30.4 Å². The van der Waals surface area contributed by atoms with Crippen molar-refractivity contribution in [2.75, 3.05) is 18.9 Å². The number of carbonyl (C=O) groups is 1. The lowest BCUT2D eigenvalue weighted by Gasteiger charge is -2.14. The van der Waals surface area contributed by atoms with Crippen molar-refractivity contribution in [3.8, 4) is 22.5 Å². The van der Waals surface area contributed by atoms with Crippen LogP contribution in [0.5, 0.6) is 0 Å². The molecular formula is C22H26ClFN6O2. The first-order valence-electron chi connectivity index (χ1n) is 12.5. The minimum absolute atomic E-state index is 0.0239. The summed E-state index contributed by atoms with van der Waals surface area (Å²) < 4.78 is 68.9. The highest BCUT2D eigenvalue weighted by atomic mass is 35.5. The molecule has 0 spiro atoms. The molecule has 2 aromatic heterocycles. The standard InChI is InChI=1S/C22H26ClFN6O2/c1-12(2)30-11-17(20(29-30)16-9-15(23)8-13(3)19(16)24)18-6-7-25-21(28-18)26-10-14(4)27-22(31)32-5/h6-9,11-12,14H,10H2,1-5H3,(H,27,31)(H,25,26,28)/t14-/m1/s1/i1D3,10D2,12D/t12?,14-. The molecule has 0 aliphatic carbocycles. The molecule has 0 saturated heterocycles. The van der Waals surface area contributed by atoms with Gasteiger partial charge in [-0.1, -0.05) is 11.6 Å². The van der Waals surface area contributed by atoms with Gasteiger partial charge in [0.05, 0.1) is 16.9 Å². The van der Waals surface area contributed by atoms with Crippen LogP contribution in [-0.4, -0.2) is 45.5 Å². The van der Waals surface area contributed by atoms with Crippen LogP contribution >= 0.6 is 11.6 Å². The van der Waals surface area contributed by atoms with Gasteiger partial charge < -0.3 is 15.4 Å². The molecule has 32 heavy (non-hydrogen) atoms. The largest absolute Gasteiger partial charge is 0.453 e. The van der Waals surface area contributed by atoms with Gasteiger partial charge in [-0.05, 0) is 51.4 Å². The predicted octanol–water partition coefficient (Wildman–Crippen LogP) is 4.85. The summed E-state index contributed by atoms with van der Waals surface area (Å²) in [7, 11) is 1.15. The van der Waals surface area contributed by atoms with Crippen LogP contribution in [0.1, 0.15) is 40.5 Å². The molecule has 2 N–H and O–H groups in total. The summed E-state index contributed by atoms with van der Waals surface area (Å²) in [6.45, 7) is -0.942. The van der Waals surface area contributed by atoms with Gasteiger partial charge in [0.15, 0.2) is 0 Å². The second-order valence-electron chi connectivity index (χ2n) is 6.90. The predicted molar refractivity (Wildman–Crippen MR) is 122 cm³/mol. The number of anilines is 1. The maximum Gasteiger partial charge on any atom is 0.407 e. The average molecular weight is 467 g/mol. The molecule has 3 rings (SSSR count). The Morgan fingerprint density at radius 3 is 2.94 bits per heavy atom. The van der Waals surface area contributed by atoms with E-state index in [0.29, 0.717) is 0 Å². The molecule has 170 valence electrons. The van der Waals surface area contributed by atoms with Crippen molar-refractivity contribution in [3.63, 3.8) is 0 Å². The Morgan fingerprint density at radius 2 is 2.22 bits per heavy atom. The van der Waals surface area contributed by atoms with Gasteiger partial charge in [0.2, 0.25) is 5.95 Å². The topological polar surface area (TPSA) is 94.0 Å². The Labute approximate surface area is 199 Å². The Hall–Kier alpha value is -3.20. The molecule has 0 aliphatic heterocycles. The van der Waals surface area contributed by atoms with E-state index in [4.69, 9.17) is 19.8 Å². The molecule has 0 bridgehead atoms. The van der Waals surface area contributed by atoms with Crippen LogP contribution in [0.3, 0.4) is 0 Å². The van der Waals surface area contributed by atoms with Crippen LogP contribution in [0, 0.1) is 12.7 Å². The maximum absolute atomic E-state index is 15.2. The zero-order valence-corrected chi connectivity index (χ0v) is 18.6. The van der Waals surface area contributed by atoms with Gasteiger partial charge >= 0.3 is 6.09 Å². The molecule has 0 saturated carbocycles. The number of carbonyl (C=O) groups excluding carboxylic acids is 1. The lowest BCUT2D eigenvalue weighted by atomic mass is 10.0. The number of methoxy groups -OCH3 is 1. The lowest BCUT2D eigenvalue weighted by Crippen LogP contribution is -2.37. The highest BCUT2D eigenvalue weighted by Crippen LogP contribution is 2.35. The van der Waals surface area contributed by atoms with Crippen molar-refractivity contribution in [2.45, 2.75) is 39.7 Å². The van der Waals surface area contributed by atoms with E-state index in [0.717, 1.165) is 18.7 Å². The molecule has 1 amide bonds. The summed E-state index contributed by atoms with van der Waals surface area (Å²) in [5.41, 5.74) is 0.447. The van der Waals surface area contributed by atoms with Crippen molar-refractivity contribution >= 4 is 23.6 Å². The minimum Gasteiger partial charge on any atom is -0.453 e. The van der Waals surface area contributed by atoms with Crippen molar-refractivity contribution in [1.29, 1.82) is 0 Å². The number of aryl methyl sites for hydroxylation is 1. The fourth-order valence-electron chi connectivity index (χ4n) is 2.84. The molecule has 2 atom stereocenters. The third-order valence-electron chi connectivity index (χ3n) is 4.38. The van der Waals surface area contributed by atoms with E-state index in [1.165, 1.54) is 44.4 Å². The Morgan fingerprint density at radius 1 is 1.44 bits per heavy atom. The van der Waals surface area contributed by atoms with Crippen LogP contribution in [0.15, 0.2) is 30.6 Å². The zero-order chi connectivity index (χ0) is 28.6. The molecule has 3 aromatic rings. The number of nitrogens with one attached hydrogen (secondary N) is 2. The van der Waals surface area contributed by atoms with Crippen LogP contribution < -0.4 is 10.6 Å². The monoisotopic (exact) mass is 466 g/mol. The number of amides is 1. The van der Waals surface area contributed by atoms with Gasteiger partial charge in [-0.15, -0.1) is 0 Å². The SMILES string of the molecule is [2H]C([2H])(Nc1nccc(-c2cn(C([2H])(C)C([2H])([2H])[2H])nc2-c2cc(Cl)cc(C)c2F)n1)[C@@H](C)NC(=O)OC. The number of nitrogens with zero attached hydrogens (tertiary/aromatic N) is 4. The molecular weight excluding hydrogens is 435 g/mol. The van der Waals surface area contributed by atoms with Crippen LogP contribution in [0.4, 0.5) is 15.1 Å². The number of benzene rings is 1. The third kappa shape index (κ3) is 5.34. The molecule has 10 heteroatoms. The van der Waals surface area contributed by atoms with E-state index in [1.54, 1.807) is 0 Å². The fourth-order valence-corrected chi connectivity index (χ4v) is 3.12. The van der Waals surface area contributed by atoms with E-state index in [-0.39, 0.29) is 39.0 Å². The van der Waals surface area contributed by atoms with Gasteiger partial charge in [-0.3, -0.25) is 4.68 Å². The van der Waals surface area contributed by atoms with Crippen molar-refractivity contribution in [2.24, 2.45) is 0 Å². The first-order valence-corrected chi connectivity index (χ1v) is 9.88. The zero-order valence-electron chi connectivity index (χ0n) is 23.8. The van der Waals surface area contributed by atoms with Crippen LogP contribution in [0.2, 0.25) is 5.02 Å². The van der Waals surface area contributed by atoms with Gasteiger partial charge in [-0.25, -0.2) is 19.2 Å². The minimum atomic E-state index is -2.78. The van der Waals surface area contributed by atoms with Gasteiger partial charge in [-0.2, -0.15) is 5.10 Å². The number of hydrogen-bond donors (Lipinski definition) is 2. The summed E-state index contributed by atoms with van der Waals surface area (Å²) >= 11 is 6.17. The summed E-state index contributed by atoms with van der Waals surface area (Å²) in [6, 6.07) is 0.910. The summed E-state index contributed by atoms with van der Waals surface area (Å²) in [4.78, 5) is 19.8. The number of ether oxygens (including phenoxy) is 1. The van der Waals surface area contributed by atoms with Gasteiger partial charge in [0.1, 0.15) is 11.5 Å². The maximum atomic E-state index is 15.2. The van der Waals surface area contributed by atoms with E-state index in [9.17, 15) is 4.79 Å². The molecule has 1 aromatic carbocycles. The smallest absolute Gasteiger partial charge is 0.407 e. The number of aromatic nitrogens is 4. The number of halogens is 2. The quantitative estimate of drug-likeness (QED) is 0.517. The van der Waals surface area contributed by atoms with Crippen molar-refractivity contribution < 1.29 is 22.1 Å². The Kier molecular flexibility index (Phi) is 5.11. The summed E-state index contributed by atoms with van der Waals surface area (Å²) in [5, 5.41) is 9.30. The molecule has 8 nitrogen and oxygen atoms in total. The Bertz CT molecular complexity index is 1350. The van der Waals surface area contributed by atoms with Gasteiger partial charge in [0, 0.05) is 51.2 Å². The average Bonchev–Trinajstić information content (AvgIpc) is 3.26. The highest BCUT2D eigenvalue weighted by Gasteiger charge is 2.20. The van der Waals surface area contributed by atoms with Crippen molar-refractivity contribution in [3.05, 3.63) is 47.0 Å². The molecule has 0 aliphatic rings. The second kappa shape index (κ2) is 9.95. The van der Waals surface area contributed by atoms with Crippen LogP contribution in [-0.2, 0) is 4.74 Å². The lowest BCUT2D eigenvalue weighted by molar-refractivity contribution is 0.168. The fraction of sp³-hybridized carbons (Fsp3) is 0.364. The van der Waals surface area contributed by atoms with Gasteiger partial charge in [0.25, 0.3) is 0 Å². The molecule has 1 unspecified atom stereocenters. The second-order valence-corrected chi connectivity index (χ2v) is 7.33. The summed E-state index contributed by atoms with van der Waals surface area (Å²) in [5.74, 6) is -0.829. The number of rotatable bonds is 7. The molecule has 2 heterocycles. The first kappa shape index (κ1) is 16.4. The van der Waals surface area contributed by atoms with E-state index >= 15 is 4.39 Å². The number of hydrogen-bond acceptors (Lipinski definition) is 6. The number of alkyl carbamates (subject to hydrolysis) is 1. The molecule has 0 fully saturated rings. The first-order chi connectivity index (χ1) is 17.5. The summed E-state index contributed by atoms with van der Waals surface area (Å²) in [6.07, 6.45) is 1.73. The Balaban J connectivity index is 2.14. The normalized spacial score (nSPS) is 17.4.